The van der Waals surface area contributed by atoms with Crippen LogP contribution in [-0.2, 0) is 12.8 Å². The van der Waals surface area contributed by atoms with Crippen LogP contribution in [0.2, 0.25) is 0 Å². The number of hydrogen-bond acceptors (Lipinski definition) is 5. The highest BCUT2D eigenvalue weighted by molar-refractivity contribution is 5.80. The number of rotatable bonds is 0. The zero-order valence-corrected chi connectivity index (χ0v) is 15.7. The molecule has 0 atom stereocenters. The summed E-state index contributed by atoms with van der Waals surface area (Å²) in [6.45, 7) is 4.17. The van der Waals surface area contributed by atoms with E-state index in [2.05, 4.69) is 52.2 Å². The number of aromatic nitrogens is 3. The third kappa shape index (κ3) is 3.13. The van der Waals surface area contributed by atoms with Crippen LogP contribution in [0.5, 0.6) is 0 Å². The van der Waals surface area contributed by atoms with Gasteiger partial charge in [0.15, 0.2) is 5.82 Å². The van der Waals surface area contributed by atoms with Crippen LogP contribution in [0, 0.1) is 11.8 Å². The fourth-order valence-corrected chi connectivity index (χ4v) is 4.40. The number of nitrogens with zero attached hydrogens (tertiary/aromatic N) is 3. The van der Waals surface area contributed by atoms with Crippen molar-refractivity contribution in [1.82, 2.24) is 15.0 Å². The topological polar surface area (TPSA) is 76.7 Å². The van der Waals surface area contributed by atoms with Gasteiger partial charge in [-0.3, -0.25) is 4.98 Å². The first-order chi connectivity index (χ1) is 13.7. The number of pyridine rings is 1. The Morgan fingerprint density at radius 2 is 1.93 bits per heavy atom. The van der Waals surface area contributed by atoms with Gasteiger partial charge in [-0.2, -0.15) is 0 Å². The molecule has 5 heteroatoms. The lowest BCUT2D eigenvalue weighted by atomic mass is 9.69. The van der Waals surface area contributed by atoms with Crippen molar-refractivity contribution < 1.29 is 0 Å². The number of hydrogen-bond donors (Lipinski definition) is 2. The van der Waals surface area contributed by atoms with E-state index in [4.69, 9.17) is 10.7 Å². The molecule has 3 aliphatic rings. The van der Waals surface area contributed by atoms with Gasteiger partial charge in [0, 0.05) is 11.8 Å². The van der Waals surface area contributed by atoms with Crippen molar-refractivity contribution >= 4 is 17.2 Å². The van der Waals surface area contributed by atoms with Gasteiger partial charge in [-0.15, -0.1) is 0 Å². The molecule has 1 aliphatic carbocycles. The molecule has 1 saturated carbocycles. The van der Waals surface area contributed by atoms with Crippen molar-refractivity contribution in [2.45, 2.75) is 25.7 Å². The second-order valence-corrected chi connectivity index (χ2v) is 7.94. The Morgan fingerprint density at radius 1 is 1.07 bits per heavy atom. The van der Waals surface area contributed by atoms with Gasteiger partial charge in [-0.05, 0) is 60.8 Å². The van der Waals surface area contributed by atoms with Crippen LogP contribution in [0.4, 0.5) is 11.5 Å². The maximum absolute atomic E-state index is 6.12. The first-order valence-corrected chi connectivity index (χ1v) is 9.76. The number of nitrogen functional groups attached to an aromatic ring is 1. The van der Waals surface area contributed by atoms with Crippen LogP contribution in [-0.4, -0.2) is 15.0 Å². The summed E-state index contributed by atoms with van der Waals surface area (Å²) >= 11 is 0. The molecule has 2 aromatic heterocycles. The third-order valence-electron chi connectivity index (χ3n) is 5.87. The molecule has 4 heterocycles. The maximum atomic E-state index is 6.12. The monoisotopic (exact) mass is 369 g/mol. The summed E-state index contributed by atoms with van der Waals surface area (Å²) in [5.74, 6) is 1.85. The normalized spacial score (nSPS) is 20.8. The molecule has 1 aromatic carbocycles. The molecular weight excluding hydrogens is 346 g/mol. The van der Waals surface area contributed by atoms with Crippen LogP contribution >= 0.6 is 0 Å². The average molecular weight is 369 g/mol. The smallest absolute Gasteiger partial charge is 0.151 e. The number of benzene rings is 1. The Hall–Kier alpha value is -3.21. The Kier molecular flexibility index (Phi) is 4.08. The van der Waals surface area contributed by atoms with Gasteiger partial charge in [0.25, 0.3) is 0 Å². The van der Waals surface area contributed by atoms with E-state index in [0.29, 0.717) is 17.2 Å². The third-order valence-corrected chi connectivity index (χ3v) is 5.87. The summed E-state index contributed by atoms with van der Waals surface area (Å²) in [5, 5.41) is 3.38. The van der Waals surface area contributed by atoms with Gasteiger partial charge in [0.05, 0.1) is 29.5 Å². The predicted octanol–water partition coefficient (Wildman–Crippen LogP) is 4.33. The summed E-state index contributed by atoms with van der Waals surface area (Å²) in [7, 11) is 0. The predicted molar refractivity (Wildman–Crippen MR) is 112 cm³/mol. The van der Waals surface area contributed by atoms with Crippen molar-refractivity contribution in [3.05, 3.63) is 72.3 Å². The number of nitrogens with one attached hydrogen (secondary N) is 1. The van der Waals surface area contributed by atoms with Crippen molar-refractivity contribution in [1.29, 1.82) is 0 Å². The summed E-state index contributed by atoms with van der Waals surface area (Å²) < 4.78 is 0. The molecule has 3 aromatic rings. The van der Waals surface area contributed by atoms with Crippen LogP contribution in [0.25, 0.3) is 17.0 Å². The fourth-order valence-electron chi connectivity index (χ4n) is 4.40. The molecular formula is C23H23N5. The van der Waals surface area contributed by atoms with Gasteiger partial charge in [0.2, 0.25) is 0 Å². The zero-order valence-electron chi connectivity index (χ0n) is 15.7. The number of anilines is 2. The first-order valence-electron chi connectivity index (χ1n) is 9.76. The van der Waals surface area contributed by atoms with Gasteiger partial charge in [-0.1, -0.05) is 24.8 Å². The molecule has 0 radical (unpaired) electrons. The second kappa shape index (κ2) is 6.75. The summed E-state index contributed by atoms with van der Waals surface area (Å²) in [4.78, 5) is 13.4. The van der Waals surface area contributed by atoms with Crippen molar-refractivity contribution in [3.63, 3.8) is 0 Å². The van der Waals surface area contributed by atoms with Gasteiger partial charge in [-0.25, -0.2) is 9.97 Å². The lowest BCUT2D eigenvalue weighted by molar-refractivity contribution is 0.192. The van der Waals surface area contributed by atoms with Crippen molar-refractivity contribution in [3.8, 4) is 11.3 Å². The molecule has 0 amide bonds. The minimum absolute atomic E-state index is 0.370. The summed E-state index contributed by atoms with van der Waals surface area (Å²) in [6, 6.07) is 10.7. The fraction of sp³-hybridized carbons (Fsp3) is 0.261. The van der Waals surface area contributed by atoms with Crippen molar-refractivity contribution in [2.24, 2.45) is 11.8 Å². The molecule has 3 N–H and O–H groups in total. The Labute approximate surface area is 164 Å². The molecule has 0 unspecified atom stereocenters. The Balaban J connectivity index is 1.60. The van der Waals surface area contributed by atoms with Gasteiger partial charge < -0.3 is 11.1 Å². The van der Waals surface area contributed by atoms with Crippen LogP contribution < -0.4 is 11.1 Å². The van der Waals surface area contributed by atoms with E-state index in [9.17, 15) is 0 Å². The van der Waals surface area contributed by atoms with E-state index in [0.717, 1.165) is 41.6 Å². The summed E-state index contributed by atoms with van der Waals surface area (Å²) in [5.41, 5.74) is 12.8. The van der Waals surface area contributed by atoms with E-state index in [-0.39, 0.29) is 0 Å². The highest BCUT2D eigenvalue weighted by atomic mass is 15.0. The molecule has 0 spiro atoms. The van der Waals surface area contributed by atoms with E-state index >= 15 is 0 Å². The SMILES string of the molecule is C=C1Nc2cnccc2CC2CC(Cc3cccc(c3)-c3cnc(N)c1n3)C2. The quantitative estimate of drug-likeness (QED) is 0.617. The molecule has 28 heavy (non-hydrogen) atoms. The van der Waals surface area contributed by atoms with E-state index in [1.807, 2.05) is 12.4 Å². The summed E-state index contributed by atoms with van der Waals surface area (Å²) in [6.07, 6.45) is 10.2. The molecule has 2 aliphatic heterocycles. The maximum Gasteiger partial charge on any atom is 0.151 e. The standard InChI is InChI=1S/C23H23N5/c1-14-22-23(24)26-13-21(28-22)18-4-2-3-15(10-18)7-16-8-17(9-16)11-19-5-6-25-12-20(19)27-14/h2-6,10,12-13,16-17,27H,1,7-9,11H2,(H2,24,26). The molecule has 0 saturated heterocycles. The minimum Gasteiger partial charge on any atom is -0.382 e. The molecule has 140 valence electrons. The lowest BCUT2D eigenvalue weighted by Gasteiger charge is -2.36. The first kappa shape index (κ1) is 16.9. The number of fused-ring (bicyclic) bond motifs is 1. The molecule has 6 bridgehead atoms. The van der Waals surface area contributed by atoms with E-state index < -0.39 is 0 Å². The molecule has 1 fully saturated rings. The molecule has 5 nitrogen and oxygen atoms in total. The van der Waals surface area contributed by atoms with Crippen LogP contribution in [0.1, 0.15) is 29.7 Å². The van der Waals surface area contributed by atoms with Gasteiger partial charge in [0.1, 0.15) is 5.69 Å². The molecule has 6 rings (SSSR count). The van der Waals surface area contributed by atoms with Crippen LogP contribution in [0.15, 0.2) is 55.5 Å². The second-order valence-electron chi connectivity index (χ2n) is 7.94. The average Bonchev–Trinajstić information content (AvgIpc) is 2.67. The van der Waals surface area contributed by atoms with Crippen LogP contribution in [0.3, 0.4) is 0 Å². The number of nitrogens with two attached hydrogens (primary N) is 1. The Morgan fingerprint density at radius 3 is 2.82 bits per heavy atom. The lowest BCUT2D eigenvalue weighted by Crippen LogP contribution is -2.27. The zero-order chi connectivity index (χ0) is 19.1. The van der Waals surface area contributed by atoms with E-state index in [1.165, 1.54) is 24.0 Å². The van der Waals surface area contributed by atoms with Gasteiger partial charge >= 0.3 is 0 Å². The largest absolute Gasteiger partial charge is 0.382 e. The minimum atomic E-state index is 0.370. The Bertz CT molecular complexity index is 1050. The van der Waals surface area contributed by atoms with E-state index in [1.54, 1.807) is 6.20 Å². The highest BCUT2D eigenvalue weighted by Crippen LogP contribution is 2.40. The highest BCUT2D eigenvalue weighted by Gasteiger charge is 2.30. The van der Waals surface area contributed by atoms with Crippen molar-refractivity contribution in [2.75, 3.05) is 11.1 Å².